The number of hydrogen-bond donors (Lipinski definition) is 0. The fourth-order valence-corrected chi connectivity index (χ4v) is 2.14. The quantitative estimate of drug-likeness (QED) is 0.457. The fraction of sp³-hybridized carbons (Fsp3) is 0.0833. The van der Waals surface area contributed by atoms with Crippen LogP contribution in [0.4, 0.5) is 0 Å². The van der Waals surface area contributed by atoms with E-state index in [-0.39, 0.29) is 0 Å². The highest BCUT2D eigenvalue weighted by molar-refractivity contribution is 5.79. The SMILES string of the molecule is Cc1cc2ncn3c4ccccc4nc3n2n1. The lowest BCUT2D eigenvalue weighted by atomic mass is 10.3. The zero-order valence-corrected chi connectivity index (χ0v) is 9.20. The van der Waals surface area contributed by atoms with Crippen LogP contribution in [0.2, 0.25) is 0 Å². The van der Waals surface area contributed by atoms with Gasteiger partial charge in [-0.3, -0.25) is 4.40 Å². The Morgan fingerprint density at radius 2 is 2.06 bits per heavy atom. The predicted molar refractivity (Wildman–Crippen MR) is 64.0 cm³/mol. The lowest BCUT2D eigenvalue weighted by Crippen LogP contribution is -1.98. The van der Waals surface area contributed by atoms with E-state index in [0.717, 1.165) is 28.2 Å². The van der Waals surface area contributed by atoms with Crippen molar-refractivity contribution in [3.05, 3.63) is 42.4 Å². The Morgan fingerprint density at radius 1 is 1.18 bits per heavy atom. The molecule has 0 fully saturated rings. The summed E-state index contributed by atoms with van der Waals surface area (Å²) >= 11 is 0. The number of hydrogen-bond acceptors (Lipinski definition) is 3. The Labute approximate surface area is 96.3 Å². The second kappa shape index (κ2) is 2.82. The molecule has 0 amide bonds. The van der Waals surface area contributed by atoms with Gasteiger partial charge in [0.15, 0.2) is 5.65 Å². The molecule has 17 heavy (non-hydrogen) atoms. The van der Waals surface area contributed by atoms with Gasteiger partial charge in [0.1, 0.15) is 6.33 Å². The van der Waals surface area contributed by atoms with Crippen molar-refractivity contribution in [3.63, 3.8) is 0 Å². The third-order valence-corrected chi connectivity index (χ3v) is 2.88. The molecule has 3 aromatic heterocycles. The van der Waals surface area contributed by atoms with Crippen molar-refractivity contribution in [1.82, 2.24) is 24.0 Å². The molecule has 3 heterocycles. The zero-order chi connectivity index (χ0) is 11.4. The van der Waals surface area contributed by atoms with E-state index in [1.807, 2.05) is 41.7 Å². The number of rotatable bonds is 0. The molecular formula is C12H9N5. The molecule has 0 N–H and O–H groups in total. The second-order valence-electron chi connectivity index (χ2n) is 4.07. The van der Waals surface area contributed by atoms with Crippen molar-refractivity contribution < 1.29 is 0 Å². The summed E-state index contributed by atoms with van der Waals surface area (Å²) in [6.45, 7) is 1.95. The molecule has 0 atom stereocenters. The third kappa shape index (κ3) is 1.05. The number of imidazole rings is 1. The van der Waals surface area contributed by atoms with Crippen molar-refractivity contribution >= 4 is 22.5 Å². The molecule has 0 saturated carbocycles. The summed E-state index contributed by atoms with van der Waals surface area (Å²) in [6.07, 6.45) is 1.79. The van der Waals surface area contributed by atoms with Crippen molar-refractivity contribution in [2.45, 2.75) is 6.92 Å². The second-order valence-corrected chi connectivity index (χ2v) is 4.07. The third-order valence-electron chi connectivity index (χ3n) is 2.88. The van der Waals surface area contributed by atoms with E-state index in [1.165, 1.54) is 0 Å². The van der Waals surface area contributed by atoms with Gasteiger partial charge in [-0.05, 0) is 19.1 Å². The van der Waals surface area contributed by atoms with Crippen LogP contribution >= 0.6 is 0 Å². The van der Waals surface area contributed by atoms with Crippen molar-refractivity contribution in [2.24, 2.45) is 0 Å². The van der Waals surface area contributed by atoms with E-state index in [4.69, 9.17) is 0 Å². The molecule has 0 saturated heterocycles. The number of nitrogens with zero attached hydrogens (tertiary/aromatic N) is 5. The fourth-order valence-electron chi connectivity index (χ4n) is 2.14. The highest BCUT2D eigenvalue weighted by atomic mass is 15.3. The van der Waals surface area contributed by atoms with Crippen LogP contribution in [0, 0.1) is 6.92 Å². The maximum absolute atomic E-state index is 4.58. The summed E-state index contributed by atoms with van der Waals surface area (Å²) in [5.74, 6) is 0.796. The summed E-state index contributed by atoms with van der Waals surface area (Å²) in [7, 11) is 0. The van der Waals surface area contributed by atoms with Gasteiger partial charge in [-0.25, -0.2) is 9.97 Å². The Kier molecular flexibility index (Phi) is 1.44. The van der Waals surface area contributed by atoms with Gasteiger partial charge in [0.05, 0.1) is 16.7 Å². The summed E-state index contributed by atoms with van der Waals surface area (Å²) in [6, 6.07) is 9.94. The Bertz CT molecular complexity index is 855. The first-order chi connectivity index (χ1) is 8.33. The van der Waals surface area contributed by atoms with Crippen LogP contribution < -0.4 is 0 Å². The highest BCUT2D eigenvalue weighted by Gasteiger charge is 2.09. The lowest BCUT2D eigenvalue weighted by molar-refractivity contribution is 0.891. The van der Waals surface area contributed by atoms with Crippen LogP contribution in [0.25, 0.3) is 22.5 Å². The number of benzene rings is 1. The Balaban J connectivity index is 2.33. The number of para-hydroxylation sites is 2. The standard InChI is InChI=1S/C12H9N5/c1-8-6-11-13-7-16-10-5-3-2-4-9(10)14-12(16)17(11)15-8/h2-7H,1H3. The molecule has 0 aliphatic heterocycles. The minimum Gasteiger partial charge on any atom is -0.267 e. The summed E-state index contributed by atoms with van der Waals surface area (Å²) in [5, 5.41) is 4.41. The molecule has 0 bridgehead atoms. The van der Waals surface area contributed by atoms with Gasteiger partial charge in [-0.15, -0.1) is 0 Å². The molecule has 4 rings (SSSR count). The molecule has 4 aromatic rings. The monoisotopic (exact) mass is 223 g/mol. The molecule has 0 radical (unpaired) electrons. The van der Waals surface area contributed by atoms with E-state index in [9.17, 15) is 0 Å². The van der Waals surface area contributed by atoms with Crippen LogP contribution in [0.1, 0.15) is 5.69 Å². The molecule has 5 heteroatoms. The summed E-state index contributed by atoms with van der Waals surface area (Å²) in [4.78, 5) is 8.96. The Morgan fingerprint density at radius 3 is 3.00 bits per heavy atom. The zero-order valence-electron chi connectivity index (χ0n) is 9.20. The van der Waals surface area contributed by atoms with Gasteiger partial charge < -0.3 is 0 Å². The van der Waals surface area contributed by atoms with Crippen molar-refractivity contribution in [1.29, 1.82) is 0 Å². The molecule has 0 aliphatic rings. The van der Waals surface area contributed by atoms with Crippen LogP contribution in [0.15, 0.2) is 36.7 Å². The number of aromatic nitrogens is 5. The highest BCUT2D eigenvalue weighted by Crippen LogP contribution is 2.16. The minimum absolute atomic E-state index is 0.796. The van der Waals surface area contributed by atoms with E-state index in [0.29, 0.717) is 0 Å². The van der Waals surface area contributed by atoms with Gasteiger partial charge in [-0.1, -0.05) is 12.1 Å². The topological polar surface area (TPSA) is 47.5 Å². The first kappa shape index (κ1) is 8.69. The molecular weight excluding hydrogens is 214 g/mol. The molecule has 0 aliphatic carbocycles. The van der Waals surface area contributed by atoms with E-state index in [2.05, 4.69) is 15.1 Å². The summed E-state index contributed by atoms with van der Waals surface area (Å²) < 4.78 is 3.73. The van der Waals surface area contributed by atoms with Crippen LogP contribution in [0.5, 0.6) is 0 Å². The number of aryl methyl sites for hydroxylation is 1. The number of fused-ring (bicyclic) bond motifs is 5. The first-order valence-electron chi connectivity index (χ1n) is 5.41. The lowest BCUT2D eigenvalue weighted by Gasteiger charge is -1.96. The largest absolute Gasteiger partial charge is 0.267 e. The van der Waals surface area contributed by atoms with Gasteiger partial charge in [-0.2, -0.15) is 9.61 Å². The minimum atomic E-state index is 0.796. The van der Waals surface area contributed by atoms with E-state index in [1.54, 1.807) is 10.8 Å². The van der Waals surface area contributed by atoms with E-state index >= 15 is 0 Å². The maximum atomic E-state index is 4.58. The van der Waals surface area contributed by atoms with Crippen molar-refractivity contribution in [2.75, 3.05) is 0 Å². The molecule has 1 aromatic carbocycles. The maximum Gasteiger partial charge on any atom is 0.239 e. The van der Waals surface area contributed by atoms with Gasteiger partial charge >= 0.3 is 0 Å². The average Bonchev–Trinajstić information content (AvgIpc) is 2.87. The predicted octanol–water partition coefficient (Wildman–Crippen LogP) is 1.84. The molecule has 5 nitrogen and oxygen atoms in total. The molecule has 0 unspecified atom stereocenters. The van der Waals surface area contributed by atoms with Crippen LogP contribution in [-0.4, -0.2) is 24.0 Å². The summed E-state index contributed by atoms with van der Waals surface area (Å²) in [5.41, 5.74) is 3.77. The van der Waals surface area contributed by atoms with E-state index < -0.39 is 0 Å². The van der Waals surface area contributed by atoms with Crippen molar-refractivity contribution in [3.8, 4) is 0 Å². The van der Waals surface area contributed by atoms with Crippen LogP contribution in [0.3, 0.4) is 0 Å². The van der Waals surface area contributed by atoms with Crippen LogP contribution in [-0.2, 0) is 0 Å². The normalized spacial score (nSPS) is 11.8. The first-order valence-corrected chi connectivity index (χ1v) is 5.41. The Hall–Kier alpha value is -2.43. The van der Waals surface area contributed by atoms with Gasteiger partial charge in [0, 0.05) is 6.07 Å². The molecule has 0 spiro atoms. The molecule has 82 valence electrons. The average molecular weight is 223 g/mol. The smallest absolute Gasteiger partial charge is 0.239 e. The van der Waals surface area contributed by atoms with Gasteiger partial charge in [0.25, 0.3) is 0 Å². The van der Waals surface area contributed by atoms with Gasteiger partial charge in [0.2, 0.25) is 5.78 Å².